The summed E-state index contributed by atoms with van der Waals surface area (Å²) in [6.07, 6.45) is 3.17. The molecule has 0 unspecified atom stereocenters. The summed E-state index contributed by atoms with van der Waals surface area (Å²) in [5.74, 6) is 0.892. The zero-order valence-corrected chi connectivity index (χ0v) is 22.3. The van der Waals surface area contributed by atoms with Crippen molar-refractivity contribution in [3.8, 4) is 11.6 Å². The number of carbonyl (C=O) groups excluding carboxylic acids is 1. The third kappa shape index (κ3) is 6.51. The second-order valence-corrected chi connectivity index (χ2v) is 10.1. The Kier molecular flexibility index (Phi) is 8.89. The molecular weight excluding hydrogens is 458 g/mol. The van der Waals surface area contributed by atoms with E-state index in [1.54, 1.807) is 6.07 Å². The number of ether oxygens (including phenoxy) is 2. The Balaban J connectivity index is 1.90. The first-order valence-electron chi connectivity index (χ1n) is 12.7. The fourth-order valence-electron chi connectivity index (χ4n) is 3.83. The number of ketones is 1. The van der Waals surface area contributed by atoms with Crippen LogP contribution in [0.2, 0.25) is 0 Å². The zero-order chi connectivity index (χ0) is 26.5. The number of nitrogens with zero attached hydrogens (tertiary/aromatic N) is 4. The molecule has 0 spiro atoms. The summed E-state index contributed by atoms with van der Waals surface area (Å²) >= 11 is 0. The molecule has 0 saturated heterocycles. The van der Waals surface area contributed by atoms with Crippen molar-refractivity contribution in [2.45, 2.75) is 85.3 Å². The van der Waals surface area contributed by atoms with E-state index in [0.717, 1.165) is 30.4 Å². The second kappa shape index (κ2) is 11.7. The Bertz CT molecular complexity index is 1250. The lowest BCUT2D eigenvalue weighted by molar-refractivity contribution is 0.0965. The van der Waals surface area contributed by atoms with E-state index < -0.39 is 0 Å². The molecule has 0 radical (unpaired) electrons. The lowest BCUT2D eigenvalue weighted by Crippen LogP contribution is -2.27. The first-order valence-corrected chi connectivity index (χ1v) is 12.7. The van der Waals surface area contributed by atoms with Gasteiger partial charge in [0.15, 0.2) is 11.4 Å². The molecular formula is C27H39N5O4. The molecule has 0 bridgehead atoms. The molecule has 9 heteroatoms. The smallest absolute Gasteiger partial charge is 0.242 e. The van der Waals surface area contributed by atoms with Crippen LogP contribution < -0.4 is 15.1 Å². The summed E-state index contributed by atoms with van der Waals surface area (Å²) in [5.41, 5.74) is 2.65. The minimum atomic E-state index is -0.178. The number of carbonyl (C=O) groups is 1. The molecule has 0 fully saturated rings. The van der Waals surface area contributed by atoms with Gasteiger partial charge in [0, 0.05) is 23.8 Å². The zero-order valence-electron chi connectivity index (χ0n) is 22.3. The van der Waals surface area contributed by atoms with Crippen molar-refractivity contribution in [2.75, 3.05) is 13.2 Å². The highest BCUT2D eigenvalue weighted by Crippen LogP contribution is 2.28. The molecule has 0 atom stereocenters. The normalized spacial score (nSPS) is 11.9. The first-order chi connectivity index (χ1) is 17.1. The number of Topliss-reactive ketones (excluding diaryl/α,β-unsaturated/α-hetero) is 1. The maximum atomic E-state index is 13.3. The quantitative estimate of drug-likeness (QED) is 0.286. The average molecular weight is 498 g/mol. The largest absolute Gasteiger partial charge is 0.494 e. The topological polar surface area (TPSA) is 115 Å². The number of nitrogens with one attached hydrogen (secondary N) is 1. The van der Waals surface area contributed by atoms with Crippen molar-refractivity contribution in [2.24, 2.45) is 0 Å². The molecule has 0 aliphatic carbocycles. The number of aryl methyl sites for hydroxylation is 1. The molecule has 0 saturated carbocycles. The van der Waals surface area contributed by atoms with E-state index in [9.17, 15) is 4.79 Å². The van der Waals surface area contributed by atoms with Crippen LogP contribution >= 0.6 is 0 Å². The van der Waals surface area contributed by atoms with Gasteiger partial charge in [0.25, 0.3) is 0 Å². The van der Waals surface area contributed by atoms with E-state index in [0.29, 0.717) is 35.9 Å². The number of aromatic nitrogens is 4. The first kappa shape index (κ1) is 27.4. The molecule has 0 amide bonds. The molecule has 1 aromatic carbocycles. The van der Waals surface area contributed by atoms with Gasteiger partial charge >= 0.3 is 0 Å². The summed E-state index contributed by atoms with van der Waals surface area (Å²) in [6.45, 7) is 12.8. The standard InChI is InChI=1S/C27H39N5O4/c1-7-21(8-2)36-24-13-18(3)25-30-31(26(28)32(25)29-24)17-23(34)19-14-20(27(4,5)6)16-22(15-19)35-12-10-9-11-33/h13-16,21,28,33H,7-12,17H2,1-6H3. The number of hydrogen-bond donors (Lipinski definition) is 2. The van der Waals surface area contributed by atoms with Gasteiger partial charge < -0.3 is 14.6 Å². The van der Waals surface area contributed by atoms with Crippen LogP contribution in [0, 0.1) is 12.3 Å². The molecule has 0 aliphatic heterocycles. The summed E-state index contributed by atoms with van der Waals surface area (Å²) in [7, 11) is 0. The lowest BCUT2D eigenvalue weighted by atomic mass is 9.85. The number of fused-ring (bicyclic) bond motifs is 1. The fourth-order valence-corrected chi connectivity index (χ4v) is 3.83. The van der Waals surface area contributed by atoms with Gasteiger partial charge in [-0.1, -0.05) is 34.6 Å². The van der Waals surface area contributed by atoms with Gasteiger partial charge in [-0.25, -0.2) is 4.68 Å². The molecule has 2 heterocycles. The van der Waals surface area contributed by atoms with E-state index in [-0.39, 0.29) is 36.1 Å². The van der Waals surface area contributed by atoms with E-state index in [2.05, 4.69) is 44.8 Å². The van der Waals surface area contributed by atoms with Gasteiger partial charge in [0.1, 0.15) is 12.3 Å². The maximum absolute atomic E-state index is 13.3. The van der Waals surface area contributed by atoms with Crippen LogP contribution in [-0.4, -0.2) is 49.6 Å². The number of aliphatic hydroxyl groups excluding tert-OH is 1. The number of benzene rings is 1. The molecule has 196 valence electrons. The van der Waals surface area contributed by atoms with Crippen LogP contribution in [0.25, 0.3) is 5.65 Å². The molecule has 36 heavy (non-hydrogen) atoms. The maximum Gasteiger partial charge on any atom is 0.242 e. The van der Waals surface area contributed by atoms with E-state index in [1.165, 1.54) is 9.20 Å². The minimum absolute atomic E-state index is 0.00361. The van der Waals surface area contributed by atoms with Crippen LogP contribution in [0.3, 0.4) is 0 Å². The highest BCUT2D eigenvalue weighted by atomic mass is 16.5. The molecule has 9 nitrogen and oxygen atoms in total. The van der Waals surface area contributed by atoms with Crippen LogP contribution in [0.5, 0.6) is 11.6 Å². The Morgan fingerprint density at radius 1 is 1.11 bits per heavy atom. The molecule has 2 aromatic heterocycles. The van der Waals surface area contributed by atoms with Crippen molar-refractivity contribution in [1.29, 1.82) is 5.41 Å². The highest BCUT2D eigenvalue weighted by Gasteiger charge is 2.20. The van der Waals surface area contributed by atoms with Crippen molar-refractivity contribution in [3.63, 3.8) is 0 Å². The highest BCUT2D eigenvalue weighted by molar-refractivity contribution is 5.96. The van der Waals surface area contributed by atoms with Crippen LogP contribution in [0.1, 0.15) is 81.8 Å². The number of hydrogen-bond acceptors (Lipinski definition) is 7. The second-order valence-electron chi connectivity index (χ2n) is 10.1. The lowest BCUT2D eigenvalue weighted by Gasteiger charge is -2.21. The van der Waals surface area contributed by atoms with Crippen LogP contribution in [0.4, 0.5) is 0 Å². The Morgan fingerprint density at radius 2 is 1.83 bits per heavy atom. The minimum Gasteiger partial charge on any atom is -0.494 e. The van der Waals surface area contributed by atoms with Crippen molar-refractivity contribution in [3.05, 3.63) is 46.6 Å². The molecule has 3 aromatic rings. The Morgan fingerprint density at radius 3 is 2.47 bits per heavy atom. The van der Waals surface area contributed by atoms with Crippen molar-refractivity contribution in [1.82, 2.24) is 19.4 Å². The fraction of sp³-hybridized carbons (Fsp3) is 0.556. The molecule has 2 N–H and O–H groups in total. The van der Waals surface area contributed by atoms with Gasteiger partial charge in [-0.3, -0.25) is 10.2 Å². The van der Waals surface area contributed by atoms with Crippen LogP contribution in [-0.2, 0) is 12.0 Å². The van der Waals surface area contributed by atoms with Gasteiger partial charge in [-0.2, -0.15) is 4.52 Å². The predicted molar refractivity (Wildman–Crippen MR) is 138 cm³/mol. The van der Waals surface area contributed by atoms with E-state index >= 15 is 0 Å². The van der Waals surface area contributed by atoms with Crippen molar-refractivity contribution >= 4 is 11.4 Å². The summed E-state index contributed by atoms with van der Waals surface area (Å²) < 4.78 is 14.6. The number of rotatable bonds is 12. The predicted octanol–water partition coefficient (Wildman–Crippen LogP) is 4.22. The van der Waals surface area contributed by atoms with Gasteiger partial charge in [-0.05, 0) is 61.8 Å². The Hall–Kier alpha value is -3.20. The van der Waals surface area contributed by atoms with Crippen LogP contribution in [0.15, 0.2) is 24.3 Å². The van der Waals surface area contributed by atoms with Crippen molar-refractivity contribution < 1.29 is 19.4 Å². The molecule has 3 rings (SSSR count). The monoisotopic (exact) mass is 497 g/mol. The van der Waals surface area contributed by atoms with Gasteiger partial charge in [0.2, 0.25) is 11.5 Å². The third-order valence-electron chi connectivity index (χ3n) is 6.16. The summed E-state index contributed by atoms with van der Waals surface area (Å²) in [6, 6.07) is 7.40. The van der Waals surface area contributed by atoms with E-state index in [1.807, 2.05) is 25.1 Å². The number of aliphatic hydroxyl groups is 1. The Labute approximate surface area is 212 Å². The van der Waals surface area contributed by atoms with E-state index in [4.69, 9.17) is 20.0 Å². The third-order valence-corrected chi connectivity index (χ3v) is 6.16. The summed E-state index contributed by atoms with van der Waals surface area (Å²) in [4.78, 5) is 13.3. The van der Waals surface area contributed by atoms with Gasteiger partial charge in [-0.15, -0.1) is 10.2 Å². The number of unbranched alkanes of at least 4 members (excludes halogenated alkanes) is 1. The molecule has 0 aliphatic rings. The average Bonchev–Trinajstić information content (AvgIpc) is 3.15. The summed E-state index contributed by atoms with van der Waals surface area (Å²) in [5, 5.41) is 26.6. The van der Waals surface area contributed by atoms with Gasteiger partial charge in [0.05, 0.1) is 12.7 Å². The SMILES string of the molecule is CCC(CC)Oc1cc(C)c2nn(CC(=O)c3cc(OCCCCO)cc(C(C)(C)C)c3)c(=N)n2n1.